The van der Waals surface area contributed by atoms with E-state index in [4.69, 9.17) is 4.74 Å². The fraction of sp³-hybridized carbons (Fsp3) is 0.545. The molecule has 0 aliphatic rings. The smallest absolute Gasteiger partial charge is 0.283 e. The molecule has 2 rings (SSSR count). The Balaban J connectivity index is 2.17. The lowest BCUT2D eigenvalue weighted by Gasteiger charge is -2.06. The van der Waals surface area contributed by atoms with Gasteiger partial charge in [-0.3, -0.25) is 14.2 Å². The zero-order valence-corrected chi connectivity index (χ0v) is 11.4. The van der Waals surface area contributed by atoms with Crippen LogP contribution >= 0.6 is 0 Å². The first-order valence-electron chi connectivity index (χ1n) is 6.21. The number of methoxy groups -OCH3 is 1. The van der Waals surface area contributed by atoms with Crippen LogP contribution in [0, 0.1) is 0 Å². The molecule has 0 atom stereocenters. The summed E-state index contributed by atoms with van der Waals surface area (Å²) in [6, 6.07) is 0. The van der Waals surface area contributed by atoms with Crippen molar-refractivity contribution in [3.05, 3.63) is 16.7 Å². The van der Waals surface area contributed by atoms with Crippen molar-refractivity contribution in [2.24, 2.45) is 0 Å². The summed E-state index contributed by atoms with van der Waals surface area (Å²) in [5.74, 6) is -0.284. The van der Waals surface area contributed by atoms with Crippen molar-refractivity contribution in [1.82, 2.24) is 29.9 Å². The molecular formula is C11H16N6O3. The van der Waals surface area contributed by atoms with Gasteiger partial charge < -0.3 is 10.1 Å². The first-order valence-corrected chi connectivity index (χ1v) is 6.21. The first kappa shape index (κ1) is 14.1. The van der Waals surface area contributed by atoms with Crippen molar-refractivity contribution in [1.29, 1.82) is 0 Å². The van der Waals surface area contributed by atoms with E-state index in [-0.39, 0.29) is 23.5 Å². The second kappa shape index (κ2) is 6.24. The molecule has 108 valence electrons. The number of hydrogen-bond donors (Lipinski definition) is 1. The van der Waals surface area contributed by atoms with Crippen molar-refractivity contribution in [3.8, 4) is 0 Å². The average molecular weight is 280 g/mol. The Labute approximate surface area is 114 Å². The van der Waals surface area contributed by atoms with Gasteiger partial charge in [0.05, 0.1) is 6.61 Å². The maximum atomic E-state index is 12.1. The number of rotatable bonds is 6. The zero-order valence-electron chi connectivity index (χ0n) is 11.4. The molecule has 0 spiro atoms. The highest BCUT2D eigenvalue weighted by molar-refractivity contribution is 5.76. The molecule has 2 aromatic rings. The largest absolute Gasteiger partial charge is 0.383 e. The van der Waals surface area contributed by atoms with Crippen LogP contribution in [0.2, 0.25) is 0 Å². The Morgan fingerprint density at radius 3 is 3.00 bits per heavy atom. The van der Waals surface area contributed by atoms with Gasteiger partial charge in [0.25, 0.3) is 5.56 Å². The number of aryl methyl sites for hydroxylation is 1. The number of ether oxygens (including phenoxy) is 1. The lowest BCUT2D eigenvalue weighted by atomic mass is 10.5. The second-order valence-electron chi connectivity index (χ2n) is 4.10. The van der Waals surface area contributed by atoms with Crippen LogP contribution in [0.4, 0.5) is 0 Å². The minimum absolute atomic E-state index is 0.107. The fourth-order valence-electron chi connectivity index (χ4n) is 1.72. The van der Waals surface area contributed by atoms with Gasteiger partial charge in [-0.05, 0) is 6.92 Å². The quantitative estimate of drug-likeness (QED) is 0.664. The molecule has 0 unspecified atom stereocenters. The van der Waals surface area contributed by atoms with Crippen LogP contribution in [0.15, 0.2) is 11.1 Å². The Bertz CT molecular complexity index is 662. The minimum atomic E-state index is -0.378. The topological polar surface area (TPSA) is 104 Å². The molecule has 0 bridgehead atoms. The van der Waals surface area contributed by atoms with Crippen LogP contribution in [-0.4, -0.2) is 50.7 Å². The van der Waals surface area contributed by atoms with E-state index in [1.165, 1.54) is 15.6 Å². The number of carbonyl (C=O) groups is 1. The number of fused-ring (bicyclic) bond motifs is 1. The summed E-state index contributed by atoms with van der Waals surface area (Å²) in [6.07, 6.45) is 1.33. The van der Waals surface area contributed by atoms with Gasteiger partial charge in [0, 0.05) is 20.2 Å². The van der Waals surface area contributed by atoms with Crippen LogP contribution in [0.25, 0.3) is 11.2 Å². The van der Waals surface area contributed by atoms with Crippen LogP contribution in [0.3, 0.4) is 0 Å². The van der Waals surface area contributed by atoms with Crippen molar-refractivity contribution in [2.75, 3.05) is 20.3 Å². The first-order chi connectivity index (χ1) is 9.67. The molecule has 0 fully saturated rings. The van der Waals surface area contributed by atoms with Gasteiger partial charge in [-0.15, -0.1) is 5.10 Å². The Hall–Kier alpha value is -2.29. The van der Waals surface area contributed by atoms with Crippen LogP contribution in [0.1, 0.15) is 6.92 Å². The van der Waals surface area contributed by atoms with Crippen molar-refractivity contribution < 1.29 is 9.53 Å². The van der Waals surface area contributed by atoms with E-state index < -0.39 is 0 Å². The minimum Gasteiger partial charge on any atom is -0.383 e. The number of amides is 1. The van der Waals surface area contributed by atoms with E-state index in [2.05, 4.69) is 20.6 Å². The van der Waals surface area contributed by atoms with Crippen LogP contribution < -0.4 is 10.9 Å². The number of hydrogen-bond acceptors (Lipinski definition) is 6. The van der Waals surface area contributed by atoms with E-state index in [0.29, 0.717) is 25.3 Å². The Morgan fingerprint density at radius 2 is 2.30 bits per heavy atom. The maximum Gasteiger partial charge on any atom is 0.283 e. The molecule has 1 N–H and O–H groups in total. The molecular weight excluding hydrogens is 264 g/mol. The number of nitrogens with one attached hydrogen (secondary N) is 1. The molecule has 0 radical (unpaired) electrons. The zero-order chi connectivity index (χ0) is 14.5. The van der Waals surface area contributed by atoms with E-state index in [0.717, 1.165) is 0 Å². The van der Waals surface area contributed by atoms with E-state index >= 15 is 0 Å². The number of carbonyl (C=O) groups excluding carboxylic acids is 1. The van der Waals surface area contributed by atoms with Gasteiger partial charge in [0.1, 0.15) is 12.9 Å². The Morgan fingerprint density at radius 1 is 1.50 bits per heavy atom. The maximum absolute atomic E-state index is 12.1. The van der Waals surface area contributed by atoms with Gasteiger partial charge in [-0.1, -0.05) is 5.21 Å². The van der Waals surface area contributed by atoms with Crippen molar-refractivity contribution in [3.63, 3.8) is 0 Å². The van der Waals surface area contributed by atoms with Gasteiger partial charge in [-0.25, -0.2) is 9.67 Å². The fourth-order valence-corrected chi connectivity index (χ4v) is 1.72. The van der Waals surface area contributed by atoms with Crippen LogP contribution in [-0.2, 0) is 22.6 Å². The predicted octanol–water partition coefficient (Wildman–Crippen LogP) is -1.23. The molecule has 2 aromatic heterocycles. The molecule has 2 heterocycles. The molecule has 1 amide bonds. The van der Waals surface area contributed by atoms with Gasteiger partial charge in [0.15, 0.2) is 11.2 Å². The van der Waals surface area contributed by atoms with Crippen LogP contribution in [0.5, 0.6) is 0 Å². The summed E-state index contributed by atoms with van der Waals surface area (Å²) in [5.41, 5.74) is 0.212. The molecule has 0 saturated heterocycles. The molecule has 0 saturated carbocycles. The second-order valence-corrected chi connectivity index (χ2v) is 4.10. The number of nitrogens with zero attached hydrogens (tertiary/aromatic N) is 5. The van der Waals surface area contributed by atoms with E-state index in [9.17, 15) is 9.59 Å². The van der Waals surface area contributed by atoms with E-state index in [1.807, 2.05) is 6.92 Å². The predicted molar refractivity (Wildman–Crippen MR) is 70.1 cm³/mol. The SMILES string of the molecule is CCn1nnc2c(=O)n(CC(=O)NCCOC)cnc21. The highest BCUT2D eigenvalue weighted by atomic mass is 16.5. The summed E-state index contributed by atoms with van der Waals surface area (Å²) in [6.45, 7) is 3.16. The standard InChI is InChI=1S/C11H16N6O3/c1-3-17-10-9(14-15-17)11(19)16(7-13-10)6-8(18)12-4-5-20-2/h7H,3-6H2,1-2H3,(H,12,18). The summed E-state index contributed by atoms with van der Waals surface area (Å²) in [7, 11) is 1.55. The third kappa shape index (κ3) is 2.82. The van der Waals surface area contributed by atoms with Crippen molar-refractivity contribution in [2.45, 2.75) is 20.0 Å². The average Bonchev–Trinajstić information content (AvgIpc) is 2.86. The summed E-state index contributed by atoms with van der Waals surface area (Å²) in [4.78, 5) is 27.9. The molecule has 20 heavy (non-hydrogen) atoms. The molecule has 9 nitrogen and oxygen atoms in total. The third-order valence-electron chi connectivity index (χ3n) is 2.73. The molecule has 9 heteroatoms. The molecule has 0 aliphatic carbocycles. The normalized spacial score (nSPS) is 10.9. The molecule has 0 aliphatic heterocycles. The monoisotopic (exact) mass is 280 g/mol. The van der Waals surface area contributed by atoms with Crippen molar-refractivity contribution >= 4 is 17.1 Å². The molecule has 0 aromatic carbocycles. The summed E-state index contributed by atoms with van der Waals surface area (Å²) in [5, 5.41) is 10.3. The highest BCUT2D eigenvalue weighted by Crippen LogP contribution is 2.01. The lowest BCUT2D eigenvalue weighted by Crippen LogP contribution is -2.34. The lowest BCUT2D eigenvalue weighted by molar-refractivity contribution is -0.121. The Kier molecular flexibility index (Phi) is 4.41. The third-order valence-corrected chi connectivity index (χ3v) is 2.73. The summed E-state index contributed by atoms with van der Waals surface area (Å²) >= 11 is 0. The number of aromatic nitrogens is 5. The highest BCUT2D eigenvalue weighted by Gasteiger charge is 2.12. The van der Waals surface area contributed by atoms with Gasteiger partial charge >= 0.3 is 0 Å². The van der Waals surface area contributed by atoms with E-state index in [1.54, 1.807) is 7.11 Å². The van der Waals surface area contributed by atoms with Gasteiger partial charge in [0.2, 0.25) is 5.91 Å². The summed E-state index contributed by atoms with van der Waals surface area (Å²) < 4.78 is 7.56. The van der Waals surface area contributed by atoms with Gasteiger partial charge in [-0.2, -0.15) is 0 Å².